The van der Waals surface area contributed by atoms with E-state index in [-0.39, 0.29) is 30.2 Å². The Morgan fingerprint density at radius 3 is 2.25 bits per heavy atom. The Kier molecular flexibility index (Phi) is 10.6. The number of carbonyl (C=O) groups is 1. The molecule has 0 spiro atoms. The topological polar surface area (TPSA) is 142 Å². The normalized spacial score (nSPS) is 24.0. The van der Waals surface area contributed by atoms with Gasteiger partial charge in [0.15, 0.2) is 0 Å². The van der Waals surface area contributed by atoms with Crippen molar-refractivity contribution in [2.24, 2.45) is 5.73 Å². The van der Waals surface area contributed by atoms with Crippen LogP contribution in [0, 0.1) is 0 Å². The fourth-order valence-electron chi connectivity index (χ4n) is 2.59. The Hall–Kier alpha value is -0.760. The predicted molar refractivity (Wildman–Crippen MR) is 92.1 cm³/mol. The number of hydrogen-bond acceptors (Lipinski definition) is 4. The number of nitrogens with one attached hydrogen (secondary N) is 1. The Morgan fingerprint density at radius 2 is 1.88 bits per heavy atom. The number of rotatable bonds is 6. The molecule has 24 heavy (non-hydrogen) atoms. The third kappa shape index (κ3) is 10.2. The van der Waals surface area contributed by atoms with E-state index >= 15 is 0 Å². The summed E-state index contributed by atoms with van der Waals surface area (Å²) in [6, 6.07) is -0.184. The molecule has 0 bridgehead atoms. The van der Waals surface area contributed by atoms with E-state index in [0.29, 0.717) is 0 Å². The highest BCUT2D eigenvalue weighted by molar-refractivity contribution is 7.45. The van der Waals surface area contributed by atoms with Gasteiger partial charge in [-0.3, -0.25) is 4.79 Å². The van der Waals surface area contributed by atoms with E-state index in [1.807, 2.05) is 0 Å². The van der Waals surface area contributed by atoms with Crippen LogP contribution in [0.25, 0.3) is 0 Å². The van der Waals surface area contributed by atoms with Crippen molar-refractivity contribution in [1.29, 1.82) is 0 Å². The zero-order valence-electron chi connectivity index (χ0n) is 14.8. The third-order valence-corrected chi connectivity index (χ3v) is 3.80. The Bertz CT molecular complexity index is 453. The van der Waals surface area contributed by atoms with Crippen molar-refractivity contribution < 1.29 is 28.8 Å². The molecule has 1 aliphatic carbocycles. The predicted octanol–water partition coefficient (Wildman–Crippen LogP) is 1.20. The summed E-state index contributed by atoms with van der Waals surface area (Å²) in [6.45, 7) is 7.90. The third-order valence-electron chi connectivity index (χ3n) is 3.80. The van der Waals surface area contributed by atoms with E-state index in [4.69, 9.17) is 29.7 Å². The lowest BCUT2D eigenvalue weighted by Gasteiger charge is -2.37. The second-order valence-electron chi connectivity index (χ2n) is 5.83. The molecular weight excluding hydrogens is 335 g/mol. The van der Waals surface area contributed by atoms with E-state index in [9.17, 15) is 4.79 Å². The first-order chi connectivity index (χ1) is 11.0. The van der Waals surface area contributed by atoms with E-state index in [1.165, 1.54) is 12.5 Å². The van der Waals surface area contributed by atoms with Crippen LogP contribution in [-0.4, -0.2) is 44.9 Å². The minimum absolute atomic E-state index is 0.0491. The number of amides is 1. The van der Waals surface area contributed by atoms with Gasteiger partial charge in [-0.05, 0) is 25.7 Å². The minimum atomic E-state index is -4.64. The van der Waals surface area contributed by atoms with Gasteiger partial charge in [-0.15, -0.1) is 0 Å². The van der Waals surface area contributed by atoms with Crippen LogP contribution in [0.4, 0.5) is 0 Å². The van der Waals surface area contributed by atoms with Gasteiger partial charge in [0.25, 0.3) is 0 Å². The van der Waals surface area contributed by atoms with Gasteiger partial charge in [-0.25, -0.2) is 4.57 Å². The molecule has 0 aromatic heterocycles. The maximum Gasteiger partial charge on any atom is 0.466 e. The molecule has 0 radical (unpaired) electrons. The van der Waals surface area contributed by atoms with Crippen LogP contribution >= 0.6 is 7.82 Å². The molecule has 3 atom stereocenters. The highest BCUT2D eigenvalue weighted by atomic mass is 31.2. The van der Waals surface area contributed by atoms with Gasteiger partial charge in [0.05, 0.1) is 18.2 Å². The molecule has 142 valence electrons. The molecule has 9 heteroatoms. The second kappa shape index (κ2) is 11.0. The number of phosphoric acid groups is 1. The molecule has 6 N–H and O–H groups in total. The van der Waals surface area contributed by atoms with Crippen molar-refractivity contribution >= 4 is 13.7 Å². The molecule has 0 aromatic carbocycles. The molecular formula is C15H31N2O6P. The van der Waals surface area contributed by atoms with Crippen molar-refractivity contribution in [2.75, 3.05) is 0 Å². The van der Waals surface area contributed by atoms with E-state index in [0.717, 1.165) is 25.7 Å². The van der Waals surface area contributed by atoms with Crippen LogP contribution in [0.2, 0.25) is 0 Å². The van der Waals surface area contributed by atoms with E-state index in [1.54, 1.807) is 0 Å². The molecule has 0 aromatic rings. The molecule has 1 amide bonds. The van der Waals surface area contributed by atoms with Gasteiger partial charge in [0.1, 0.15) is 0 Å². The molecule has 8 nitrogen and oxygen atoms in total. The standard InChI is InChI=1S/C15H28N2O2.H3O4P/c1-5-11-8-13(16)15(17-10(4)18)14(9-11)19-12(6-2)7-3;1-5(2,3)4/h9,12-15H,5-8,16H2,1-4H3,(H,17,18);(H3,1,2,3,4)/t13-,14+,15+;/m0./s1. The molecule has 0 saturated carbocycles. The fraction of sp³-hybridized carbons (Fsp3) is 0.800. The van der Waals surface area contributed by atoms with Crippen molar-refractivity contribution in [1.82, 2.24) is 5.32 Å². The van der Waals surface area contributed by atoms with Crippen LogP contribution in [0.1, 0.15) is 53.4 Å². The first-order valence-electron chi connectivity index (χ1n) is 8.17. The maximum atomic E-state index is 11.3. The number of nitrogens with two attached hydrogens (primary N) is 1. The summed E-state index contributed by atoms with van der Waals surface area (Å²) in [4.78, 5) is 32.9. The molecule has 1 rings (SSSR count). The molecule has 0 unspecified atom stereocenters. The average molecular weight is 366 g/mol. The number of hydrogen-bond donors (Lipinski definition) is 5. The highest BCUT2D eigenvalue weighted by Gasteiger charge is 2.33. The van der Waals surface area contributed by atoms with Gasteiger partial charge in [-0.2, -0.15) is 0 Å². The van der Waals surface area contributed by atoms with Crippen LogP contribution < -0.4 is 11.1 Å². The Labute approximate surface area is 143 Å². The van der Waals surface area contributed by atoms with Gasteiger partial charge in [-0.1, -0.05) is 32.4 Å². The van der Waals surface area contributed by atoms with E-state index in [2.05, 4.69) is 32.2 Å². The summed E-state index contributed by atoms with van der Waals surface area (Å²) in [6.07, 6.45) is 6.05. The Morgan fingerprint density at radius 1 is 1.38 bits per heavy atom. The quantitative estimate of drug-likeness (QED) is 0.351. The van der Waals surface area contributed by atoms with Crippen LogP contribution in [0.15, 0.2) is 11.6 Å². The van der Waals surface area contributed by atoms with Crippen LogP contribution in [-0.2, 0) is 14.1 Å². The van der Waals surface area contributed by atoms with E-state index < -0.39 is 7.82 Å². The number of ether oxygens (including phenoxy) is 1. The monoisotopic (exact) mass is 366 g/mol. The van der Waals surface area contributed by atoms with Crippen molar-refractivity contribution in [3.63, 3.8) is 0 Å². The zero-order valence-corrected chi connectivity index (χ0v) is 15.7. The lowest BCUT2D eigenvalue weighted by molar-refractivity contribution is -0.121. The second-order valence-corrected chi connectivity index (χ2v) is 6.85. The summed E-state index contributed by atoms with van der Waals surface area (Å²) >= 11 is 0. The highest BCUT2D eigenvalue weighted by Crippen LogP contribution is 2.26. The SMILES string of the molecule is CCC1=C[C@@H](OC(CC)CC)[C@H](NC(C)=O)[C@@H](N)C1.O=P(O)(O)O. The smallest absolute Gasteiger partial charge is 0.369 e. The number of carbonyl (C=O) groups excluding carboxylic acids is 1. The average Bonchev–Trinajstić information content (AvgIpc) is 2.45. The summed E-state index contributed by atoms with van der Waals surface area (Å²) in [5.41, 5.74) is 7.53. The summed E-state index contributed by atoms with van der Waals surface area (Å²) in [5.74, 6) is -0.0491. The minimum Gasteiger partial charge on any atom is -0.369 e. The van der Waals surface area contributed by atoms with Crippen molar-refractivity contribution in [3.05, 3.63) is 11.6 Å². The lowest BCUT2D eigenvalue weighted by Crippen LogP contribution is -2.56. The molecule has 0 aliphatic heterocycles. The molecule has 1 aliphatic rings. The summed E-state index contributed by atoms with van der Waals surface area (Å²) < 4.78 is 15.0. The van der Waals surface area contributed by atoms with Gasteiger partial charge < -0.3 is 30.5 Å². The van der Waals surface area contributed by atoms with Crippen LogP contribution in [0.3, 0.4) is 0 Å². The zero-order chi connectivity index (χ0) is 18.9. The molecule has 0 heterocycles. The van der Waals surface area contributed by atoms with Gasteiger partial charge in [0, 0.05) is 13.0 Å². The van der Waals surface area contributed by atoms with Gasteiger partial charge in [0.2, 0.25) is 5.91 Å². The Balaban J connectivity index is 0.000000922. The molecule has 0 saturated heterocycles. The molecule has 0 fully saturated rings. The van der Waals surface area contributed by atoms with Crippen molar-refractivity contribution in [3.8, 4) is 0 Å². The summed E-state index contributed by atoms with van der Waals surface area (Å²) in [5, 5.41) is 2.95. The maximum absolute atomic E-state index is 11.3. The first kappa shape index (κ1) is 23.2. The fourth-order valence-corrected chi connectivity index (χ4v) is 2.59. The van der Waals surface area contributed by atoms with Gasteiger partial charge >= 0.3 is 7.82 Å². The van der Waals surface area contributed by atoms with Crippen molar-refractivity contribution in [2.45, 2.75) is 77.7 Å². The first-order valence-corrected chi connectivity index (χ1v) is 9.74. The lowest BCUT2D eigenvalue weighted by atomic mass is 9.87. The largest absolute Gasteiger partial charge is 0.466 e. The van der Waals surface area contributed by atoms with Crippen LogP contribution in [0.5, 0.6) is 0 Å². The summed E-state index contributed by atoms with van der Waals surface area (Å²) in [7, 11) is -4.64.